The van der Waals surface area contributed by atoms with Crippen LogP contribution in [0.15, 0.2) is 12.1 Å². The van der Waals surface area contributed by atoms with Crippen LogP contribution in [-0.4, -0.2) is 22.3 Å². The van der Waals surface area contributed by atoms with Gasteiger partial charge in [0.25, 0.3) is 0 Å². The molecule has 0 saturated carbocycles. The predicted molar refractivity (Wildman–Crippen MR) is 85.6 cm³/mol. The van der Waals surface area contributed by atoms with Crippen molar-refractivity contribution in [1.29, 1.82) is 0 Å². The number of benzene rings is 1. The van der Waals surface area contributed by atoms with E-state index in [0.29, 0.717) is 15.6 Å². The highest BCUT2D eigenvalue weighted by Crippen LogP contribution is 2.24. The van der Waals surface area contributed by atoms with E-state index in [1.54, 1.807) is 12.1 Å². The van der Waals surface area contributed by atoms with E-state index in [0.717, 1.165) is 49.3 Å². The first kappa shape index (κ1) is 14.5. The number of aryl methyl sites for hydroxylation is 1. The molecular formula is C14H15ClFIN2O. The summed E-state index contributed by atoms with van der Waals surface area (Å²) in [7, 11) is 0. The SMILES string of the molecule is Fc1cc2c(cc1I)nc(CCl)n2CCC1CCCO1. The molecule has 1 aliphatic rings. The van der Waals surface area contributed by atoms with Crippen molar-refractivity contribution in [3.8, 4) is 0 Å². The fourth-order valence-electron chi connectivity index (χ4n) is 2.67. The lowest BCUT2D eigenvalue weighted by molar-refractivity contribution is 0.100. The second kappa shape index (κ2) is 6.15. The average molecular weight is 409 g/mol. The van der Waals surface area contributed by atoms with Gasteiger partial charge in [0.05, 0.1) is 26.6 Å². The van der Waals surface area contributed by atoms with E-state index in [1.165, 1.54) is 0 Å². The molecule has 108 valence electrons. The lowest BCUT2D eigenvalue weighted by Crippen LogP contribution is -2.11. The van der Waals surface area contributed by atoms with Gasteiger partial charge in [0.15, 0.2) is 0 Å². The Morgan fingerprint density at radius 3 is 3.05 bits per heavy atom. The van der Waals surface area contributed by atoms with Gasteiger partial charge in [-0.15, -0.1) is 11.6 Å². The van der Waals surface area contributed by atoms with E-state index in [9.17, 15) is 4.39 Å². The van der Waals surface area contributed by atoms with Crippen LogP contribution in [0, 0.1) is 9.39 Å². The Morgan fingerprint density at radius 1 is 1.50 bits per heavy atom. The van der Waals surface area contributed by atoms with E-state index in [2.05, 4.69) is 4.98 Å². The minimum Gasteiger partial charge on any atom is -0.378 e. The number of hydrogen-bond donors (Lipinski definition) is 0. The summed E-state index contributed by atoms with van der Waals surface area (Å²) in [6, 6.07) is 3.32. The van der Waals surface area contributed by atoms with Crippen LogP contribution in [0.2, 0.25) is 0 Å². The standard InChI is InChI=1S/C14H15ClFIN2O/c15-8-14-18-12-7-11(17)10(16)6-13(12)19(14)4-3-9-2-1-5-20-9/h6-7,9H,1-5,8H2. The molecule has 1 aromatic heterocycles. The minimum absolute atomic E-state index is 0.211. The zero-order valence-electron chi connectivity index (χ0n) is 10.9. The molecule has 20 heavy (non-hydrogen) atoms. The van der Waals surface area contributed by atoms with Crippen molar-refractivity contribution in [3.63, 3.8) is 0 Å². The molecule has 1 atom stereocenters. The Balaban J connectivity index is 1.92. The van der Waals surface area contributed by atoms with Crippen LogP contribution in [0.3, 0.4) is 0 Å². The predicted octanol–water partition coefficient (Wildman–Crippen LogP) is 4.09. The quantitative estimate of drug-likeness (QED) is 0.563. The smallest absolute Gasteiger partial charge is 0.138 e. The van der Waals surface area contributed by atoms with Gasteiger partial charge in [-0.05, 0) is 47.9 Å². The maximum absolute atomic E-state index is 13.8. The van der Waals surface area contributed by atoms with Crippen LogP contribution in [0.5, 0.6) is 0 Å². The number of hydrogen-bond acceptors (Lipinski definition) is 2. The van der Waals surface area contributed by atoms with E-state index >= 15 is 0 Å². The van der Waals surface area contributed by atoms with Crippen LogP contribution in [0.25, 0.3) is 11.0 Å². The molecule has 3 nitrogen and oxygen atoms in total. The largest absolute Gasteiger partial charge is 0.378 e. The van der Waals surface area contributed by atoms with Crippen LogP contribution >= 0.6 is 34.2 Å². The number of halogens is 3. The molecule has 1 saturated heterocycles. The van der Waals surface area contributed by atoms with E-state index < -0.39 is 0 Å². The van der Waals surface area contributed by atoms with Gasteiger partial charge in [-0.2, -0.15) is 0 Å². The first-order chi connectivity index (χ1) is 9.69. The lowest BCUT2D eigenvalue weighted by Gasteiger charge is -2.12. The Bertz CT molecular complexity index is 625. The first-order valence-electron chi connectivity index (χ1n) is 6.71. The topological polar surface area (TPSA) is 27.1 Å². The van der Waals surface area contributed by atoms with Gasteiger partial charge in [0.2, 0.25) is 0 Å². The van der Waals surface area contributed by atoms with Gasteiger partial charge >= 0.3 is 0 Å². The number of rotatable bonds is 4. The summed E-state index contributed by atoms with van der Waals surface area (Å²) in [4.78, 5) is 4.50. The Kier molecular flexibility index (Phi) is 4.47. The van der Waals surface area contributed by atoms with E-state index in [1.807, 2.05) is 27.2 Å². The second-order valence-corrected chi connectivity index (χ2v) is 6.42. The molecule has 0 N–H and O–H groups in total. The molecule has 1 unspecified atom stereocenters. The number of aromatic nitrogens is 2. The number of nitrogens with zero attached hydrogens (tertiary/aromatic N) is 2. The van der Waals surface area contributed by atoms with Crippen molar-refractivity contribution < 1.29 is 9.13 Å². The normalized spacial score (nSPS) is 19.1. The van der Waals surface area contributed by atoms with E-state index in [4.69, 9.17) is 16.3 Å². The minimum atomic E-state index is -0.211. The van der Waals surface area contributed by atoms with Gasteiger partial charge in [-0.1, -0.05) is 0 Å². The van der Waals surface area contributed by atoms with Crippen LogP contribution in [0.1, 0.15) is 25.1 Å². The fourth-order valence-corrected chi connectivity index (χ4v) is 3.32. The molecule has 3 rings (SSSR count). The summed E-state index contributed by atoms with van der Waals surface area (Å²) in [5, 5.41) is 0. The van der Waals surface area contributed by atoms with Crippen LogP contribution < -0.4 is 0 Å². The van der Waals surface area contributed by atoms with Gasteiger partial charge in [0, 0.05) is 19.2 Å². The molecule has 0 radical (unpaired) electrons. The van der Waals surface area contributed by atoms with Gasteiger partial charge < -0.3 is 9.30 Å². The summed E-state index contributed by atoms with van der Waals surface area (Å²) < 4.78 is 22.0. The van der Waals surface area contributed by atoms with Gasteiger partial charge in [-0.3, -0.25) is 0 Å². The van der Waals surface area contributed by atoms with E-state index in [-0.39, 0.29) is 5.82 Å². The third-order valence-corrected chi connectivity index (χ3v) is 4.75. The highest BCUT2D eigenvalue weighted by Gasteiger charge is 2.18. The highest BCUT2D eigenvalue weighted by molar-refractivity contribution is 14.1. The lowest BCUT2D eigenvalue weighted by atomic mass is 10.2. The Hall–Kier alpha value is -0.400. The monoisotopic (exact) mass is 408 g/mol. The molecule has 1 aromatic carbocycles. The number of fused-ring (bicyclic) bond motifs is 1. The van der Waals surface area contributed by atoms with Crippen LogP contribution in [-0.2, 0) is 17.2 Å². The maximum atomic E-state index is 13.8. The zero-order chi connectivity index (χ0) is 14.1. The molecule has 1 fully saturated rings. The Labute approximate surface area is 135 Å². The van der Waals surface area contributed by atoms with Crippen molar-refractivity contribution in [2.24, 2.45) is 0 Å². The van der Waals surface area contributed by atoms with Gasteiger partial charge in [0.1, 0.15) is 11.6 Å². The van der Waals surface area contributed by atoms with Crippen molar-refractivity contribution in [2.45, 2.75) is 37.8 Å². The summed E-state index contributed by atoms with van der Waals surface area (Å²) in [6.45, 7) is 1.62. The summed E-state index contributed by atoms with van der Waals surface area (Å²) in [6.07, 6.45) is 3.46. The molecule has 0 spiro atoms. The molecule has 2 heterocycles. The van der Waals surface area contributed by atoms with Gasteiger partial charge in [-0.25, -0.2) is 9.37 Å². The molecule has 6 heteroatoms. The van der Waals surface area contributed by atoms with Crippen LogP contribution in [0.4, 0.5) is 4.39 Å². The Morgan fingerprint density at radius 2 is 2.35 bits per heavy atom. The molecule has 0 aliphatic carbocycles. The fraction of sp³-hybridized carbons (Fsp3) is 0.500. The summed E-state index contributed by atoms with van der Waals surface area (Å²) >= 11 is 7.95. The average Bonchev–Trinajstić information content (AvgIpc) is 3.05. The van der Waals surface area contributed by atoms with Crippen molar-refractivity contribution in [2.75, 3.05) is 6.61 Å². The molecular weight excluding hydrogens is 394 g/mol. The maximum Gasteiger partial charge on any atom is 0.138 e. The van der Waals surface area contributed by atoms with Crippen molar-refractivity contribution in [3.05, 3.63) is 27.3 Å². The summed E-state index contributed by atoms with van der Waals surface area (Å²) in [5.74, 6) is 0.914. The van der Waals surface area contributed by atoms with Crippen molar-refractivity contribution >= 4 is 45.2 Å². The second-order valence-electron chi connectivity index (χ2n) is 4.99. The molecule has 0 bridgehead atoms. The number of imidazole rings is 1. The van der Waals surface area contributed by atoms with Crippen molar-refractivity contribution in [1.82, 2.24) is 9.55 Å². The first-order valence-corrected chi connectivity index (χ1v) is 8.32. The molecule has 2 aromatic rings. The molecule has 0 amide bonds. The number of ether oxygens (including phenoxy) is 1. The number of alkyl halides is 1. The third-order valence-electron chi connectivity index (χ3n) is 3.69. The molecule has 1 aliphatic heterocycles. The highest BCUT2D eigenvalue weighted by atomic mass is 127. The summed E-state index contributed by atoms with van der Waals surface area (Å²) in [5.41, 5.74) is 1.62. The zero-order valence-corrected chi connectivity index (χ0v) is 13.8. The third kappa shape index (κ3) is 2.80.